The Bertz CT molecular complexity index is 2660. The number of carbonyl (C=O) groups excluding carboxylic acids is 1. The molecule has 8 bridgehead atoms. The Morgan fingerprint density at radius 1 is 0.481 bits per heavy atom. The second-order valence-corrected chi connectivity index (χ2v) is 13.0. The normalized spacial score (nSPS) is 12.2. The van der Waals surface area contributed by atoms with Crippen LogP contribution in [-0.4, -0.2) is 33.0 Å². The minimum Gasteiger partial charge on any atom is -0.465 e. The number of fused-ring (bicyclic) bond motifs is 8. The number of methoxy groups -OCH3 is 1. The molecule has 0 saturated heterocycles. The van der Waals surface area contributed by atoms with Gasteiger partial charge in [-0.05, 0) is 83.6 Å². The summed E-state index contributed by atoms with van der Waals surface area (Å²) in [4.78, 5) is 30.8. The number of H-pyrrole nitrogens is 2. The molecule has 2 aliphatic rings. The molecule has 6 nitrogen and oxygen atoms in total. The molecule has 5 heterocycles. The third kappa shape index (κ3) is 5.60. The Morgan fingerprint density at radius 2 is 0.865 bits per heavy atom. The van der Waals surface area contributed by atoms with Gasteiger partial charge in [-0.15, -0.1) is 0 Å². The summed E-state index contributed by atoms with van der Waals surface area (Å²) in [7, 11) is 1.40. The maximum absolute atomic E-state index is 12.4. The van der Waals surface area contributed by atoms with Gasteiger partial charge in [0.2, 0.25) is 0 Å². The van der Waals surface area contributed by atoms with Gasteiger partial charge in [-0.2, -0.15) is 0 Å². The number of esters is 1. The molecule has 0 aliphatic carbocycles. The molecule has 4 aromatic carbocycles. The van der Waals surface area contributed by atoms with Crippen molar-refractivity contribution in [2.45, 2.75) is 12.8 Å². The van der Waals surface area contributed by atoms with E-state index in [4.69, 9.17) is 14.7 Å². The standard InChI is InChI=1S/C46H34N4O2/c1-52-46(51)33-19-17-32(18-20-33)45-40-27-25-38(49-40)43(30-13-7-3-8-14-30)36-23-21-34(47-36)42(29-11-5-2-6-12-29)35-22-24-37(48-35)44(31-15-9-4-10-16-31)39-26-28-41(45)50-39/h2-21,23,25-28,47,50H,22,24H2,1H3. The molecule has 0 saturated carbocycles. The summed E-state index contributed by atoms with van der Waals surface area (Å²) in [6.45, 7) is 0. The van der Waals surface area contributed by atoms with E-state index in [2.05, 4.69) is 125 Å². The van der Waals surface area contributed by atoms with Gasteiger partial charge in [0.1, 0.15) is 0 Å². The average molecular weight is 675 g/mol. The van der Waals surface area contributed by atoms with Crippen molar-refractivity contribution in [2.24, 2.45) is 0 Å². The smallest absolute Gasteiger partial charge is 0.337 e. The van der Waals surface area contributed by atoms with Crippen molar-refractivity contribution in [1.29, 1.82) is 0 Å². The van der Waals surface area contributed by atoms with Crippen LogP contribution < -0.4 is 0 Å². The molecule has 52 heavy (non-hydrogen) atoms. The predicted octanol–water partition coefficient (Wildman–Crippen LogP) is 10.7. The zero-order valence-electron chi connectivity index (χ0n) is 28.6. The monoisotopic (exact) mass is 674 g/mol. The number of nitrogens with zero attached hydrogens (tertiary/aromatic N) is 2. The van der Waals surface area contributed by atoms with Crippen molar-refractivity contribution >= 4 is 40.2 Å². The lowest BCUT2D eigenvalue weighted by Crippen LogP contribution is -2.00. The maximum atomic E-state index is 12.4. The lowest BCUT2D eigenvalue weighted by molar-refractivity contribution is 0.0600. The summed E-state index contributed by atoms with van der Waals surface area (Å²) in [5, 5.41) is 0. The van der Waals surface area contributed by atoms with Crippen molar-refractivity contribution in [3.8, 4) is 44.5 Å². The van der Waals surface area contributed by atoms with E-state index < -0.39 is 0 Å². The first kappa shape index (κ1) is 31.2. The van der Waals surface area contributed by atoms with Gasteiger partial charge < -0.3 is 14.7 Å². The third-order valence-corrected chi connectivity index (χ3v) is 9.83. The molecule has 6 heteroatoms. The molecule has 0 unspecified atom stereocenters. The largest absolute Gasteiger partial charge is 0.465 e. The van der Waals surface area contributed by atoms with Gasteiger partial charge in [-0.3, -0.25) is 4.98 Å². The van der Waals surface area contributed by atoms with Gasteiger partial charge >= 0.3 is 5.97 Å². The van der Waals surface area contributed by atoms with Crippen molar-refractivity contribution in [3.63, 3.8) is 0 Å². The van der Waals surface area contributed by atoms with Gasteiger partial charge in [-0.25, -0.2) is 9.78 Å². The first-order valence-electron chi connectivity index (χ1n) is 17.5. The molecule has 0 atom stereocenters. The number of nitrogens with one attached hydrogen (secondary N) is 2. The Hall–Kier alpha value is -6.79. The Morgan fingerprint density at radius 3 is 1.29 bits per heavy atom. The van der Waals surface area contributed by atoms with E-state index in [0.717, 1.165) is 102 Å². The molecule has 2 aliphatic heterocycles. The maximum Gasteiger partial charge on any atom is 0.337 e. The average Bonchev–Trinajstić information content (AvgIpc) is 4.04. The van der Waals surface area contributed by atoms with Crippen molar-refractivity contribution in [1.82, 2.24) is 19.9 Å². The highest BCUT2D eigenvalue weighted by Gasteiger charge is 2.21. The summed E-state index contributed by atoms with van der Waals surface area (Å²) < 4.78 is 4.99. The fourth-order valence-electron chi connectivity index (χ4n) is 7.43. The van der Waals surface area contributed by atoms with E-state index in [1.54, 1.807) is 12.1 Å². The first-order chi connectivity index (χ1) is 25.6. The molecule has 0 spiro atoms. The SMILES string of the molecule is COC(=O)c1ccc(-c2c3nc(c(-c4ccccc4)c4ccc([nH]4)c(-c4ccccc4)c4nc(c(-c5ccccc5)c5ccc2[nH]5)CC4)C=C3)cc1. The number of aromatic amines is 2. The third-order valence-electron chi connectivity index (χ3n) is 9.83. The summed E-state index contributed by atoms with van der Waals surface area (Å²) in [6, 6.07) is 47.5. The van der Waals surface area contributed by atoms with Gasteiger partial charge in [-0.1, -0.05) is 103 Å². The van der Waals surface area contributed by atoms with E-state index in [1.807, 2.05) is 24.3 Å². The zero-order valence-corrected chi connectivity index (χ0v) is 28.6. The minimum absolute atomic E-state index is 0.374. The molecule has 0 radical (unpaired) electrons. The molecule has 0 amide bonds. The molecule has 3 aromatic heterocycles. The van der Waals surface area contributed by atoms with Crippen LogP contribution in [0.2, 0.25) is 0 Å². The summed E-state index contributed by atoms with van der Waals surface area (Å²) in [6.07, 6.45) is 5.78. The number of carbonyl (C=O) groups is 1. The van der Waals surface area contributed by atoms with E-state index in [1.165, 1.54) is 7.11 Å². The highest BCUT2D eigenvalue weighted by atomic mass is 16.5. The highest BCUT2D eigenvalue weighted by Crippen LogP contribution is 2.38. The Labute approximate surface area is 301 Å². The van der Waals surface area contributed by atoms with Crippen molar-refractivity contribution in [3.05, 3.63) is 168 Å². The van der Waals surface area contributed by atoms with E-state index >= 15 is 0 Å². The number of hydrogen-bond acceptors (Lipinski definition) is 4. The van der Waals surface area contributed by atoms with Crippen LogP contribution in [0.5, 0.6) is 0 Å². The van der Waals surface area contributed by atoms with E-state index in [-0.39, 0.29) is 5.97 Å². The van der Waals surface area contributed by atoms with Crippen LogP contribution in [0.4, 0.5) is 0 Å². The topological polar surface area (TPSA) is 83.7 Å². The van der Waals surface area contributed by atoms with Gasteiger partial charge in [0, 0.05) is 44.3 Å². The number of hydrogen-bond donors (Lipinski definition) is 2. The number of aryl methyl sites for hydroxylation is 2. The fourth-order valence-corrected chi connectivity index (χ4v) is 7.43. The van der Waals surface area contributed by atoms with Crippen LogP contribution in [-0.2, 0) is 17.6 Å². The van der Waals surface area contributed by atoms with Crippen molar-refractivity contribution in [2.75, 3.05) is 7.11 Å². The second kappa shape index (κ2) is 13.2. The molecule has 2 N–H and O–H groups in total. The molecule has 9 rings (SSSR count). The van der Waals surface area contributed by atoms with Gasteiger partial charge in [0.25, 0.3) is 0 Å². The predicted molar refractivity (Wildman–Crippen MR) is 210 cm³/mol. The van der Waals surface area contributed by atoms with E-state index in [0.29, 0.717) is 5.56 Å². The lowest BCUT2D eigenvalue weighted by atomic mass is 10.0. The Kier molecular flexibility index (Phi) is 7.90. The quantitative estimate of drug-likeness (QED) is 0.178. The lowest BCUT2D eigenvalue weighted by Gasteiger charge is -2.07. The first-order valence-corrected chi connectivity index (χ1v) is 17.5. The highest BCUT2D eigenvalue weighted by molar-refractivity contribution is 5.98. The van der Waals surface area contributed by atoms with Gasteiger partial charge in [0.15, 0.2) is 0 Å². The number of ether oxygens (including phenoxy) is 1. The molecular weight excluding hydrogens is 641 g/mol. The minimum atomic E-state index is -0.374. The number of rotatable bonds is 5. The van der Waals surface area contributed by atoms with Crippen LogP contribution >= 0.6 is 0 Å². The second-order valence-electron chi connectivity index (χ2n) is 13.0. The van der Waals surface area contributed by atoms with E-state index in [9.17, 15) is 4.79 Å². The zero-order chi connectivity index (χ0) is 35.0. The summed E-state index contributed by atoms with van der Waals surface area (Å²) >= 11 is 0. The van der Waals surface area contributed by atoms with Crippen LogP contribution in [0.3, 0.4) is 0 Å². The summed E-state index contributed by atoms with van der Waals surface area (Å²) in [5.74, 6) is -0.374. The number of aromatic nitrogens is 4. The molecule has 250 valence electrons. The van der Waals surface area contributed by atoms with Crippen LogP contribution in [0, 0.1) is 0 Å². The van der Waals surface area contributed by atoms with Crippen molar-refractivity contribution < 1.29 is 9.53 Å². The molecular formula is C46H34N4O2. The molecule has 0 fully saturated rings. The van der Waals surface area contributed by atoms with Gasteiger partial charge in [0.05, 0.1) is 35.4 Å². The van der Waals surface area contributed by atoms with Crippen LogP contribution in [0.1, 0.15) is 33.1 Å². The Balaban J connectivity index is 1.44. The van der Waals surface area contributed by atoms with Crippen LogP contribution in [0.25, 0.3) is 78.7 Å². The van der Waals surface area contributed by atoms with Crippen LogP contribution in [0.15, 0.2) is 140 Å². The molecule has 7 aromatic rings. The number of benzene rings is 4. The summed E-state index contributed by atoms with van der Waals surface area (Å²) in [5.41, 5.74) is 16.4. The fraction of sp³-hybridized carbons (Fsp3) is 0.0652.